The van der Waals surface area contributed by atoms with Crippen molar-refractivity contribution in [3.05, 3.63) is 100 Å². The Morgan fingerprint density at radius 2 is 1.59 bits per heavy atom. The average molecular weight is 535 g/mol. The number of para-hydroxylation sites is 1. The van der Waals surface area contributed by atoms with Crippen LogP contribution in [0.25, 0.3) is 11.1 Å². The van der Waals surface area contributed by atoms with Gasteiger partial charge in [-0.1, -0.05) is 54.1 Å². The van der Waals surface area contributed by atoms with E-state index in [-0.39, 0.29) is 19.1 Å². The van der Waals surface area contributed by atoms with Crippen LogP contribution in [0.2, 0.25) is 5.02 Å². The summed E-state index contributed by atoms with van der Waals surface area (Å²) in [6.45, 7) is 1.65. The first-order valence-corrected chi connectivity index (χ1v) is 12.6. The lowest BCUT2D eigenvalue weighted by molar-refractivity contribution is -0.118. The molecular weight excluding hydrogens is 512 g/mol. The van der Waals surface area contributed by atoms with Gasteiger partial charge in [0.15, 0.2) is 6.61 Å². The molecule has 2 amide bonds. The third kappa shape index (κ3) is 6.55. The number of nitrogens with one attached hydrogen (secondary N) is 2. The maximum atomic E-state index is 12.7. The van der Waals surface area contributed by atoms with Crippen molar-refractivity contribution >= 4 is 51.4 Å². The number of thiophene rings is 1. The van der Waals surface area contributed by atoms with Crippen LogP contribution >= 0.6 is 22.9 Å². The van der Waals surface area contributed by atoms with Gasteiger partial charge in [0.2, 0.25) is 0 Å². The van der Waals surface area contributed by atoms with E-state index in [0.717, 1.165) is 5.56 Å². The molecule has 37 heavy (non-hydrogen) atoms. The lowest BCUT2D eigenvalue weighted by Crippen LogP contribution is -2.21. The van der Waals surface area contributed by atoms with Crippen LogP contribution in [0.15, 0.2) is 84.2 Å². The van der Waals surface area contributed by atoms with Crippen LogP contribution in [0, 0.1) is 0 Å². The number of amides is 2. The first-order valence-electron chi connectivity index (χ1n) is 11.4. The Morgan fingerprint density at radius 3 is 2.30 bits per heavy atom. The fourth-order valence-electron chi connectivity index (χ4n) is 3.46. The van der Waals surface area contributed by atoms with Crippen molar-refractivity contribution in [3.63, 3.8) is 0 Å². The van der Waals surface area contributed by atoms with Gasteiger partial charge < -0.3 is 20.1 Å². The quantitative estimate of drug-likeness (QED) is 0.239. The minimum atomic E-state index is -0.510. The van der Waals surface area contributed by atoms with Crippen molar-refractivity contribution in [3.8, 4) is 16.9 Å². The predicted molar refractivity (Wildman–Crippen MR) is 146 cm³/mol. The van der Waals surface area contributed by atoms with Gasteiger partial charge in [-0.05, 0) is 48.9 Å². The lowest BCUT2D eigenvalue weighted by atomic mass is 10.0. The molecule has 0 aliphatic heterocycles. The first-order chi connectivity index (χ1) is 18.0. The van der Waals surface area contributed by atoms with Gasteiger partial charge in [-0.2, -0.15) is 0 Å². The van der Waals surface area contributed by atoms with Gasteiger partial charge in [0.25, 0.3) is 11.8 Å². The highest BCUT2D eigenvalue weighted by Crippen LogP contribution is 2.36. The zero-order chi connectivity index (χ0) is 26.2. The summed E-state index contributed by atoms with van der Waals surface area (Å²) >= 11 is 7.33. The van der Waals surface area contributed by atoms with Crippen molar-refractivity contribution in [1.29, 1.82) is 0 Å². The van der Waals surface area contributed by atoms with E-state index in [2.05, 4.69) is 10.6 Å². The number of hydrogen-bond acceptors (Lipinski definition) is 6. The number of benzene rings is 3. The standard InChI is InChI=1S/C28H23ClN2O5S/c1-2-35-28(34)25-21(18-8-4-3-5-9-18)17-37-27(25)31-24(32)16-36-20-14-12-19(13-15-20)26(33)30-23-11-7-6-10-22(23)29/h3-15,17H,2,16H2,1H3,(H,30,33)(H,31,32). The Hall–Kier alpha value is -4.14. The minimum absolute atomic E-state index is 0.214. The van der Waals surface area contributed by atoms with Crippen molar-refractivity contribution < 1.29 is 23.9 Å². The Kier molecular flexibility index (Phi) is 8.56. The molecule has 4 rings (SSSR count). The maximum Gasteiger partial charge on any atom is 0.341 e. The highest BCUT2D eigenvalue weighted by Gasteiger charge is 2.23. The second-order valence-electron chi connectivity index (χ2n) is 7.74. The average Bonchev–Trinajstić information content (AvgIpc) is 3.33. The van der Waals surface area contributed by atoms with E-state index in [9.17, 15) is 14.4 Å². The molecular formula is C28H23ClN2O5S. The Bertz CT molecular complexity index is 1400. The van der Waals surface area contributed by atoms with Crippen LogP contribution in [-0.2, 0) is 9.53 Å². The number of hydrogen-bond donors (Lipinski definition) is 2. The van der Waals surface area contributed by atoms with Gasteiger partial charge in [0, 0.05) is 16.5 Å². The van der Waals surface area contributed by atoms with E-state index in [1.54, 1.807) is 55.5 Å². The Balaban J connectivity index is 1.39. The molecule has 0 saturated heterocycles. The third-order valence-corrected chi connectivity index (χ3v) is 6.44. The number of rotatable bonds is 9. The molecule has 0 fully saturated rings. The molecule has 3 aromatic carbocycles. The van der Waals surface area contributed by atoms with E-state index in [0.29, 0.717) is 38.2 Å². The summed E-state index contributed by atoms with van der Waals surface area (Å²) in [5, 5.41) is 8.13. The zero-order valence-corrected chi connectivity index (χ0v) is 21.4. The smallest absolute Gasteiger partial charge is 0.341 e. The SMILES string of the molecule is CCOC(=O)c1c(-c2ccccc2)csc1NC(=O)COc1ccc(C(=O)Nc2ccccc2Cl)cc1. The molecule has 0 bridgehead atoms. The van der Waals surface area contributed by atoms with Gasteiger partial charge in [-0.15, -0.1) is 11.3 Å². The monoisotopic (exact) mass is 534 g/mol. The molecule has 9 heteroatoms. The fraction of sp³-hybridized carbons (Fsp3) is 0.107. The predicted octanol–water partition coefficient (Wildman–Crippen LogP) is 6.52. The summed E-state index contributed by atoms with van der Waals surface area (Å²) in [5.41, 5.74) is 2.75. The molecule has 0 spiro atoms. The van der Waals surface area contributed by atoms with Gasteiger partial charge in [0.1, 0.15) is 16.3 Å². The van der Waals surface area contributed by atoms with Crippen molar-refractivity contribution in [2.75, 3.05) is 23.8 Å². The summed E-state index contributed by atoms with van der Waals surface area (Å²) in [6, 6.07) is 22.7. The van der Waals surface area contributed by atoms with Crippen LogP contribution in [0.3, 0.4) is 0 Å². The van der Waals surface area contributed by atoms with Crippen molar-refractivity contribution in [1.82, 2.24) is 0 Å². The van der Waals surface area contributed by atoms with Gasteiger partial charge >= 0.3 is 5.97 Å². The van der Waals surface area contributed by atoms with E-state index in [1.807, 2.05) is 35.7 Å². The highest BCUT2D eigenvalue weighted by molar-refractivity contribution is 7.15. The van der Waals surface area contributed by atoms with E-state index in [4.69, 9.17) is 21.1 Å². The van der Waals surface area contributed by atoms with Crippen LogP contribution in [0.1, 0.15) is 27.6 Å². The van der Waals surface area contributed by atoms with Crippen LogP contribution in [-0.4, -0.2) is 31.0 Å². The Labute approximate surface area is 223 Å². The summed E-state index contributed by atoms with van der Waals surface area (Å²) in [7, 11) is 0. The largest absolute Gasteiger partial charge is 0.484 e. The zero-order valence-electron chi connectivity index (χ0n) is 19.8. The molecule has 2 N–H and O–H groups in total. The third-order valence-electron chi connectivity index (χ3n) is 5.22. The van der Waals surface area contributed by atoms with E-state index >= 15 is 0 Å². The van der Waals surface area contributed by atoms with E-state index < -0.39 is 11.9 Å². The van der Waals surface area contributed by atoms with Crippen molar-refractivity contribution in [2.45, 2.75) is 6.92 Å². The van der Waals surface area contributed by atoms with E-state index in [1.165, 1.54) is 11.3 Å². The molecule has 0 atom stereocenters. The lowest BCUT2D eigenvalue weighted by Gasteiger charge is -2.10. The molecule has 4 aromatic rings. The second kappa shape index (κ2) is 12.2. The number of carbonyl (C=O) groups excluding carboxylic acids is 3. The van der Waals surface area contributed by atoms with Crippen molar-refractivity contribution in [2.24, 2.45) is 0 Å². The molecule has 0 saturated carbocycles. The molecule has 0 aliphatic rings. The highest BCUT2D eigenvalue weighted by atomic mass is 35.5. The van der Waals surface area contributed by atoms with Gasteiger partial charge in [-0.3, -0.25) is 9.59 Å². The number of halogens is 1. The summed E-state index contributed by atoms with van der Waals surface area (Å²) in [5.74, 6) is -0.862. The molecule has 0 aliphatic carbocycles. The minimum Gasteiger partial charge on any atom is -0.484 e. The molecule has 0 unspecified atom stereocenters. The molecule has 1 aromatic heterocycles. The Morgan fingerprint density at radius 1 is 0.892 bits per heavy atom. The summed E-state index contributed by atoms with van der Waals surface area (Å²) in [6.07, 6.45) is 0. The normalized spacial score (nSPS) is 10.4. The molecule has 0 radical (unpaired) electrons. The first kappa shape index (κ1) is 25.9. The van der Waals surface area contributed by atoms with Crippen LogP contribution in [0.4, 0.5) is 10.7 Å². The number of ether oxygens (including phenoxy) is 2. The fourth-order valence-corrected chi connectivity index (χ4v) is 4.61. The van der Waals surface area contributed by atoms with Crippen LogP contribution < -0.4 is 15.4 Å². The summed E-state index contributed by atoms with van der Waals surface area (Å²) in [4.78, 5) is 37.8. The molecule has 188 valence electrons. The molecule has 1 heterocycles. The number of carbonyl (C=O) groups is 3. The van der Waals surface area contributed by atoms with Gasteiger partial charge in [-0.25, -0.2) is 4.79 Å². The maximum absolute atomic E-state index is 12.7. The van der Waals surface area contributed by atoms with Gasteiger partial charge in [0.05, 0.1) is 17.3 Å². The topological polar surface area (TPSA) is 93.7 Å². The number of anilines is 2. The molecule has 7 nitrogen and oxygen atoms in total. The van der Waals surface area contributed by atoms with Crippen LogP contribution in [0.5, 0.6) is 5.75 Å². The summed E-state index contributed by atoms with van der Waals surface area (Å²) < 4.78 is 10.8. The second-order valence-corrected chi connectivity index (χ2v) is 9.02. The number of esters is 1.